The lowest BCUT2D eigenvalue weighted by Gasteiger charge is -2.35. The number of rotatable bonds is 2. The third-order valence-corrected chi connectivity index (χ3v) is 3.49. The third kappa shape index (κ3) is 2.30. The highest BCUT2D eigenvalue weighted by Crippen LogP contribution is 2.26. The Morgan fingerprint density at radius 3 is 2.89 bits per heavy atom. The van der Waals surface area contributed by atoms with Gasteiger partial charge in [0.05, 0.1) is 11.6 Å². The second kappa shape index (κ2) is 5.09. The first-order valence-electron chi connectivity index (χ1n) is 6.20. The normalized spacial score (nSPS) is 19.3. The van der Waals surface area contributed by atoms with E-state index in [9.17, 15) is 4.79 Å². The van der Waals surface area contributed by atoms with E-state index in [1.165, 1.54) is 0 Å². The lowest BCUT2D eigenvalue weighted by atomic mass is 9.99. The van der Waals surface area contributed by atoms with Crippen LogP contribution in [-0.2, 0) is 4.79 Å². The number of nitriles is 1. The Hall–Kier alpha value is -2.02. The van der Waals surface area contributed by atoms with Gasteiger partial charge in [0.1, 0.15) is 6.04 Å². The molecule has 0 aromatic heterocycles. The van der Waals surface area contributed by atoms with Gasteiger partial charge in [0, 0.05) is 12.2 Å². The maximum absolute atomic E-state index is 11.5. The molecule has 0 saturated carbocycles. The van der Waals surface area contributed by atoms with Crippen LogP contribution in [0.1, 0.15) is 30.4 Å². The molecule has 0 bridgehead atoms. The van der Waals surface area contributed by atoms with Crippen molar-refractivity contribution in [2.45, 2.75) is 32.2 Å². The average Bonchev–Trinajstić information content (AvgIpc) is 2.38. The molecule has 1 amide bonds. The Morgan fingerprint density at radius 2 is 2.28 bits per heavy atom. The highest BCUT2D eigenvalue weighted by Gasteiger charge is 2.27. The van der Waals surface area contributed by atoms with E-state index in [1.807, 2.05) is 19.1 Å². The molecule has 0 radical (unpaired) electrons. The van der Waals surface area contributed by atoms with Crippen molar-refractivity contribution >= 4 is 11.6 Å². The molecule has 1 fully saturated rings. The summed E-state index contributed by atoms with van der Waals surface area (Å²) in [4.78, 5) is 13.5. The van der Waals surface area contributed by atoms with Gasteiger partial charge in [-0.3, -0.25) is 4.79 Å². The summed E-state index contributed by atoms with van der Waals surface area (Å²) in [6, 6.07) is 7.59. The van der Waals surface area contributed by atoms with E-state index in [2.05, 4.69) is 11.0 Å². The van der Waals surface area contributed by atoms with Gasteiger partial charge in [-0.2, -0.15) is 5.26 Å². The lowest BCUT2D eigenvalue weighted by molar-refractivity contribution is -0.119. The fourth-order valence-corrected chi connectivity index (χ4v) is 2.49. The quantitative estimate of drug-likeness (QED) is 0.859. The number of carbonyl (C=O) groups excluding carboxylic acids is 1. The number of anilines is 1. The molecule has 1 atom stereocenters. The first kappa shape index (κ1) is 12.4. The monoisotopic (exact) mass is 243 g/mol. The van der Waals surface area contributed by atoms with Crippen molar-refractivity contribution in [1.82, 2.24) is 0 Å². The van der Waals surface area contributed by atoms with E-state index in [1.54, 1.807) is 6.07 Å². The molecule has 4 nitrogen and oxygen atoms in total. The number of nitrogens with two attached hydrogens (primary N) is 1. The van der Waals surface area contributed by atoms with Gasteiger partial charge in [0.15, 0.2) is 0 Å². The number of primary amides is 1. The van der Waals surface area contributed by atoms with Gasteiger partial charge in [0.2, 0.25) is 5.91 Å². The molecular formula is C14H17N3O. The molecule has 94 valence electrons. The first-order chi connectivity index (χ1) is 8.63. The Bertz CT molecular complexity index is 504. The van der Waals surface area contributed by atoms with Gasteiger partial charge in [-0.1, -0.05) is 0 Å². The minimum Gasteiger partial charge on any atom is -0.368 e. The molecule has 0 spiro atoms. The van der Waals surface area contributed by atoms with Crippen LogP contribution in [0.3, 0.4) is 0 Å². The van der Waals surface area contributed by atoms with E-state index in [0.717, 1.165) is 37.1 Å². The maximum atomic E-state index is 11.5. The molecule has 1 heterocycles. The second-order valence-corrected chi connectivity index (χ2v) is 4.72. The van der Waals surface area contributed by atoms with Gasteiger partial charge in [-0.05, 0) is 49.9 Å². The van der Waals surface area contributed by atoms with Crippen LogP contribution in [0.15, 0.2) is 18.2 Å². The summed E-state index contributed by atoms with van der Waals surface area (Å²) in [5, 5.41) is 8.92. The van der Waals surface area contributed by atoms with Crippen molar-refractivity contribution in [3.8, 4) is 6.07 Å². The molecule has 1 aliphatic rings. The first-order valence-corrected chi connectivity index (χ1v) is 6.20. The fourth-order valence-electron chi connectivity index (χ4n) is 2.49. The summed E-state index contributed by atoms with van der Waals surface area (Å²) in [6.45, 7) is 2.75. The van der Waals surface area contributed by atoms with Crippen LogP contribution in [0, 0.1) is 18.3 Å². The van der Waals surface area contributed by atoms with Gasteiger partial charge < -0.3 is 10.6 Å². The van der Waals surface area contributed by atoms with Crippen molar-refractivity contribution in [3.05, 3.63) is 29.3 Å². The number of piperidine rings is 1. The van der Waals surface area contributed by atoms with Crippen LogP contribution in [-0.4, -0.2) is 18.5 Å². The molecule has 1 aromatic rings. The van der Waals surface area contributed by atoms with Crippen LogP contribution in [0.5, 0.6) is 0 Å². The zero-order valence-corrected chi connectivity index (χ0v) is 10.5. The predicted octanol–water partition coefficient (Wildman–Crippen LogP) is 1.71. The Balaban J connectivity index is 2.32. The number of nitrogens with zero attached hydrogens (tertiary/aromatic N) is 2. The van der Waals surface area contributed by atoms with Crippen molar-refractivity contribution in [3.63, 3.8) is 0 Å². The van der Waals surface area contributed by atoms with Gasteiger partial charge in [0.25, 0.3) is 0 Å². The summed E-state index contributed by atoms with van der Waals surface area (Å²) < 4.78 is 0. The minimum atomic E-state index is -0.267. The van der Waals surface area contributed by atoms with Crippen LogP contribution in [0.4, 0.5) is 5.69 Å². The molecule has 2 rings (SSSR count). The van der Waals surface area contributed by atoms with E-state index < -0.39 is 0 Å². The van der Waals surface area contributed by atoms with Crippen molar-refractivity contribution in [2.24, 2.45) is 5.73 Å². The van der Waals surface area contributed by atoms with E-state index in [-0.39, 0.29) is 11.9 Å². The Kier molecular flexibility index (Phi) is 3.52. The Labute approximate surface area is 107 Å². The van der Waals surface area contributed by atoms with E-state index >= 15 is 0 Å². The van der Waals surface area contributed by atoms with Crippen molar-refractivity contribution in [1.29, 1.82) is 5.26 Å². The standard InChI is InChI=1S/C14H17N3O/c1-10-8-12(6-5-11(10)9-15)17-7-3-2-4-13(17)14(16)18/h5-6,8,13H,2-4,7H2,1H3,(H2,16,18). The van der Waals surface area contributed by atoms with Crippen LogP contribution in [0.25, 0.3) is 0 Å². The summed E-state index contributed by atoms with van der Waals surface area (Å²) in [5.74, 6) is -0.267. The topological polar surface area (TPSA) is 70.1 Å². The number of hydrogen-bond acceptors (Lipinski definition) is 3. The number of hydrogen-bond donors (Lipinski definition) is 1. The number of carbonyl (C=O) groups is 1. The van der Waals surface area contributed by atoms with Crippen molar-refractivity contribution < 1.29 is 4.79 Å². The molecule has 1 saturated heterocycles. The summed E-state index contributed by atoms with van der Waals surface area (Å²) in [5.41, 5.74) is 8.04. The lowest BCUT2D eigenvalue weighted by Crippen LogP contribution is -2.47. The van der Waals surface area contributed by atoms with Gasteiger partial charge in [-0.25, -0.2) is 0 Å². The number of aryl methyl sites for hydroxylation is 1. The minimum absolute atomic E-state index is 0.217. The van der Waals surface area contributed by atoms with E-state index in [4.69, 9.17) is 11.0 Å². The van der Waals surface area contributed by atoms with Crippen molar-refractivity contribution in [2.75, 3.05) is 11.4 Å². The fraction of sp³-hybridized carbons (Fsp3) is 0.429. The Morgan fingerprint density at radius 1 is 1.50 bits per heavy atom. The summed E-state index contributed by atoms with van der Waals surface area (Å²) >= 11 is 0. The molecule has 18 heavy (non-hydrogen) atoms. The average molecular weight is 243 g/mol. The van der Waals surface area contributed by atoms with Crippen LogP contribution in [0.2, 0.25) is 0 Å². The maximum Gasteiger partial charge on any atom is 0.240 e. The summed E-state index contributed by atoms with van der Waals surface area (Å²) in [7, 11) is 0. The molecule has 1 unspecified atom stereocenters. The summed E-state index contributed by atoms with van der Waals surface area (Å²) in [6.07, 6.45) is 2.93. The smallest absolute Gasteiger partial charge is 0.240 e. The molecule has 4 heteroatoms. The predicted molar refractivity (Wildman–Crippen MR) is 70.1 cm³/mol. The van der Waals surface area contributed by atoms with Gasteiger partial charge in [-0.15, -0.1) is 0 Å². The van der Waals surface area contributed by atoms with Crippen LogP contribution < -0.4 is 10.6 Å². The zero-order chi connectivity index (χ0) is 13.1. The molecular weight excluding hydrogens is 226 g/mol. The van der Waals surface area contributed by atoms with Gasteiger partial charge >= 0.3 is 0 Å². The van der Waals surface area contributed by atoms with E-state index in [0.29, 0.717) is 5.56 Å². The number of amides is 1. The second-order valence-electron chi connectivity index (χ2n) is 4.72. The largest absolute Gasteiger partial charge is 0.368 e. The SMILES string of the molecule is Cc1cc(N2CCCCC2C(N)=O)ccc1C#N. The van der Waals surface area contributed by atoms with Crippen LogP contribution >= 0.6 is 0 Å². The molecule has 1 aliphatic heterocycles. The third-order valence-electron chi connectivity index (χ3n) is 3.49. The molecule has 0 aliphatic carbocycles. The molecule has 2 N–H and O–H groups in total. The highest BCUT2D eigenvalue weighted by molar-refractivity contribution is 5.84. The highest BCUT2D eigenvalue weighted by atomic mass is 16.1. The molecule has 1 aromatic carbocycles. The number of benzene rings is 1. The zero-order valence-electron chi connectivity index (χ0n) is 10.5.